The summed E-state index contributed by atoms with van der Waals surface area (Å²) >= 11 is 3.13. The summed E-state index contributed by atoms with van der Waals surface area (Å²) in [5.41, 5.74) is 5.13. The van der Waals surface area contributed by atoms with E-state index in [1.54, 1.807) is 4.90 Å². The average molecular weight is 416 g/mol. The first kappa shape index (κ1) is 19.5. The van der Waals surface area contributed by atoms with E-state index in [1.165, 1.54) is 12.1 Å². The van der Waals surface area contributed by atoms with Crippen molar-refractivity contribution in [2.75, 3.05) is 18.8 Å². The molecule has 1 aliphatic rings. The van der Waals surface area contributed by atoms with E-state index < -0.39 is 17.3 Å². The van der Waals surface area contributed by atoms with Crippen LogP contribution in [0.25, 0.3) is 0 Å². The standard InChI is InChI=1S/C17H23BrFN3O3/c1-17(2,3)25-16(24)22-6-4-11(5-7-22)21-15(23)14-12(19)8-10(18)9-13(14)20/h8-9,11H,4-7,20H2,1-3H3,(H,21,23). The molecule has 0 aliphatic carbocycles. The minimum Gasteiger partial charge on any atom is -0.444 e. The zero-order chi connectivity index (χ0) is 18.8. The number of amides is 2. The van der Waals surface area contributed by atoms with Gasteiger partial charge in [-0.05, 0) is 45.7 Å². The number of carbonyl (C=O) groups is 2. The minimum atomic E-state index is -0.671. The second-order valence-corrected chi connectivity index (χ2v) is 7.98. The van der Waals surface area contributed by atoms with Crippen LogP contribution in [0.15, 0.2) is 16.6 Å². The van der Waals surface area contributed by atoms with Crippen molar-refractivity contribution in [3.8, 4) is 0 Å². The molecule has 2 amide bonds. The molecule has 2 rings (SSSR count). The maximum Gasteiger partial charge on any atom is 0.410 e. The highest BCUT2D eigenvalue weighted by molar-refractivity contribution is 9.10. The largest absolute Gasteiger partial charge is 0.444 e. The minimum absolute atomic E-state index is 0.0792. The third-order valence-corrected chi connectivity index (χ3v) is 4.25. The molecule has 6 nitrogen and oxygen atoms in total. The molecule has 3 N–H and O–H groups in total. The molecule has 1 aromatic rings. The van der Waals surface area contributed by atoms with Gasteiger partial charge >= 0.3 is 6.09 Å². The average Bonchev–Trinajstić information content (AvgIpc) is 2.44. The lowest BCUT2D eigenvalue weighted by molar-refractivity contribution is 0.0199. The fourth-order valence-corrected chi connectivity index (χ4v) is 3.07. The van der Waals surface area contributed by atoms with E-state index in [0.29, 0.717) is 30.4 Å². The summed E-state index contributed by atoms with van der Waals surface area (Å²) in [5.74, 6) is -1.21. The van der Waals surface area contributed by atoms with Crippen LogP contribution in [0.3, 0.4) is 0 Å². The Morgan fingerprint density at radius 1 is 1.32 bits per heavy atom. The van der Waals surface area contributed by atoms with Gasteiger partial charge in [0.1, 0.15) is 11.4 Å². The molecule has 0 saturated carbocycles. The number of nitrogens with one attached hydrogen (secondary N) is 1. The summed E-state index contributed by atoms with van der Waals surface area (Å²) in [6, 6.07) is 2.55. The SMILES string of the molecule is CC(C)(C)OC(=O)N1CCC(NC(=O)c2c(N)cc(Br)cc2F)CC1. The zero-order valence-electron chi connectivity index (χ0n) is 14.6. The highest BCUT2D eigenvalue weighted by Gasteiger charge is 2.28. The van der Waals surface area contributed by atoms with Gasteiger partial charge in [-0.2, -0.15) is 0 Å². The molecule has 0 aromatic heterocycles. The number of hydrogen-bond acceptors (Lipinski definition) is 4. The maximum atomic E-state index is 14.0. The summed E-state index contributed by atoms with van der Waals surface area (Å²) in [7, 11) is 0. The van der Waals surface area contributed by atoms with Crippen LogP contribution < -0.4 is 11.1 Å². The van der Waals surface area contributed by atoms with Gasteiger partial charge in [-0.15, -0.1) is 0 Å². The Kier molecular flexibility index (Phi) is 5.92. The summed E-state index contributed by atoms with van der Waals surface area (Å²) in [4.78, 5) is 26.0. The highest BCUT2D eigenvalue weighted by atomic mass is 79.9. The molecule has 0 atom stereocenters. The van der Waals surface area contributed by atoms with E-state index in [1.807, 2.05) is 20.8 Å². The van der Waals surface area contributed by atoms with Crippen LogP contribution in [0, 0.1) is 5.82 Å². The number of piperidine rings is 1. The summed E-state index contributed by atoms with van der Waals surface area (Å²) in [6.45, 7) is 6.38. The lowest BCUT2D eigenvalue weighted by Gasteiger charge is -2.33. The first-order valence-corrected chi connectivity index (χ1v) is 8.89. The van der Waals surface area contributed by atoms with Crippen molar-refractivity contribution in [2.24, 2.45) is 0 Å². The van der Waals surface area contributed by atoms with Crippen LogP contribution in [0.2, 0.25) is 0 Å². The molecule has 0 spiro atoms. The number of likely N-dealkylation sites (tertiary alicyclic amines) is 1. The Morgan fingerprint density at radius 2 is 1.92 bits per heavy atom. The molecule has 1 fully saturated rings. The summed E-state index contributed by atoms with van der Waals surface area (Å²) < 4.78 is 19.8. The van der Waals surface area contributed by atoms with Crippen LogP contribution in [0.4, 0.5) is 14.9 Å². The second-order valence-electron chi connectivity index (χ2n) is 7.07. The van der Waals surface area contributed by atoms with Gasteiger partial charge in [0.05, 0.1) is 5.56 Å². The number of nitrogens with two attached hydrogens (primary N) is 1. The first-order chi connectivity index (χ1) is 11.6. The van der Waals surface area contributed by atoms with Crippen LogP contribution in [0.1, 0.15) is 44.0 Å². The number of carbonyl (C=O) groups excluding carboxylic acids is 2. The van der Waals surface area contributed by atoms with Crippen LogP contribution in [-0.2, 0) is 4.74 Å². The molecular formula is C17H23BrFN3O3. The van der Waals surface area contributed by atoms with Gasteiger partial charge in [-0.3, -0.25) is 4.79 Å². The number of ether oxygens (including phenoxy) is 1. The normalized spacial score (nSPS) is 15.8. The summed E-state index contributed by atoms with van der Waals surface area (Å²) in [6.07, 6.45) is 0.784. The van der Waals surface area contributed by atoms with E-state index >= 15 is 0 Å². The number of nitrogen functional groups attached to an aromatic ring is 1. The molecule has 1 aromatic carbocycles. The van der Waals surface area contributed by atoms with E-state index in [9.17, 15) is 14.0 Å². The zero-order valence-corrected chi connectivity index (χ0v) is 16.2. The molecule has 0 bridgehead atoms. The summed E-state index contributed by atoms with van der Waals surface area (Å²) in [5, 5.41) is 2.79. The van der Waals surface area contributed by atoms with Crippen molar-refractivity contribution in [3.05, 3.63) is 28.0 Å². The predicted molar refractivity (Wildman–Crippen MR) is 96.8 cm³/mol. The number of rotatable bonds is 2. The maximum absolute atomic E-state index is 14.0. The van der Waals surface area contributed by atoms with Crippen molar-refractivity contribution >= 4 is 33.6 Å². The molecule has 0 unspecified atom stereocenters. The molecule has 25 heavy (non-hydrogen) atoms. The van der Waals surface area contributed by atoms with Gasteiger partial charge in [-0.25, -0.2) is 9.18 Å². The Balaban J connectivity index is 1.92. The molecule has 1 saturated heterocycles. The molecule has 0 radical (unpaired) electrons. The molecule has 138 valence electrons. The quantitative estimate of drug-likeness (QED) is 0.725. The Morgan fingerprint density at radius 3 is 2.44 bits per heavy atom. The fourth-order valence-electron chi connectivity index (χ4n) is 2.62. The smallest absolute Gasteiger partial charge is 0.410 e. The van der Waals surface area contributed by atoms with Gasteiger partial charge < -0.3 is 20.7 Å². The van der Waals surface area contributed by atoms with E-state index in [0.717, 1.165) is 0 Å². The highest BCUT2D eigenvalue weighted by Crippen LogP contribution is 2.23. The Labute approximate surface area is 155 Å². The van der Waals surface area contributed by atoms with Crippen molar-refractivity contribution in [1.29, 1.82) is 0 Å². The molecule has 8 heteroatoms. The number of hydrogen-bond donors (Lipinski definition) is 2. The number of benzene rings is 1. The topological polar surface area (TPSA) is 84.7 Å². The van der Waals surface area contributed by atoms with Crippen molar-refractivity contribution in [2.45, 2.75) is 45.3 Å². The lowest BCUT2D eigenvalue weighted by atomic mass is 10.0. The van der Waals surface area contributed by atoms with Gasteiger partial charge in [-0.1, -0.05) is 15.9 Å². The number of halogens is 2. The van der Waals surface area contributed by atoms with Crippen molar-refractivity contribution < 1.29 is 18.7 Å². The molecule has 1 heterocycles. The van der Waals surface area contributed by atoms with Crippen LogP contribution >= 0.6 is 15.9 Å². The van der Waals surface area contributed by atoms with Gasteiger partial charge in [0.15, 0.2) is 0 Å². The van der Waals surface area contributed by atoms with E-state index in [4.69, 9.17) is 10.5 Å². The van der Waals surface area contributed by atoms with Gasteiger partial charge in [0, 0.05) is 29.3 Å². The lowest BCUT2D eigenvalue weighted by Crippen LogP contribution is -2.48. The third-order valence-electron chi connectivity index (χ3n) is 3.79. The van der Waals surface area contributed by atoms with Crippen molar-refractivity contribution in [3.63, 3.8) is 0 Å². The fraction of sp³-hybridized carbons (Fsp3) is 0.529. The third kappa shape index (κ3) is 5.32. The van der Waals surface area contributed by atoms with Crippen molar-refractivity contribution in [1.82, 2.24) is 10.2 Å². The monoisotopic (exact) mass is 415 g/mol. The van der Waals surface area contributed by atoms with Crippen LogP contribution in [0.5, 0.6) is 0 Å². The molecular weight excluding hydrogens is 393 g/mol. The number of nitrogens with zero attached hydrogens (tertiary/aromatic N) is 1. The number of anilines is 1. The Hall–Kier alpha value is -1.83. The Bertz CT molecular complexity index is 645. The van der Waals surface area contributed by atoms with E-state index in [2.05, 4.69) is 21.2 Å². The van der Waals surface area contributed by atoms with Crippen LogP contribution in [-0.4, -0.2) is 41.6 Å². The van der Waals surface area contributed by atoms with E-state index in [-0.39, 0.29) is 23.4 Å². The first-order valence-electron chi connectivity index (χ1n) is 8.10. The predicted octanol–water partition coefficient (Wildman–Crippen LogP) is 3.30. The second kappa shape index (κ2) is 7.59. The van der Waals surface area contributed by atoms with Gasteiger partial charge in [0.25, 0.3) is 5.91 Å². The van der Waals surface area contributed by atoms with Gasteiger partial charge in [0.2, 0.25) is 0 Å². The molecule has 1 aliphatic heterocycles.